The number of hydrogen-bond donors (Lipinski definition) is 0. The molecule has 1 heterocycles. The Kier molecular flexibility index (Phi) is 5.13. The molecule has 0 N–H and O–H groups in total. The number of carbonyl (C=O) groups is 1. The summed E-state index contributed by atoms with van der Waals surface area (Å²) < 4.78 is 31.2. The van der Waals surface area contributed by atoms with E-state index >= 15 is 0 Å². The Bertz CT molecular complexity index is 651. The fraction of sp³-hybridized carbons (Fsp3) is 0.188. The zero-order valence-corrected chi connectivity index (χ0v) is 13.4. The first-order chi connectivity index (χ1) is 10.4. The van der Waals surface area contributed by atoms with Gasteiger partial charge in [-0.15, -0.1) is 0 Å². The van der Waals surface area contributed by atoms with Gasteiger partial charge in [0, 0.05) is 22.8 Å². The minimum absolute atomic E-state index is 0.406. The van der Waals surface area contributed by atoms with Crippen molar-refractivity contribution in [3.63, 3.8) is 0 Å². The second kappa shape index (κ2) is 6.87. The average Bonchev–Trinajstić information content (AvgIpc) is 2.44. The molecule has 1 aliphatic rings. The smallest absolute Gasteiger partial charge is 0.308 e. The third-order valence-corrected chi connectivity index (χ3v) is 3.73. The highest BCUT2D eigenvalue weighted by atomic mass is 79.9. The van der Waals surface area contributed by atoms with Crippen LogP contribution in [0.1, 0.15) is 12.5 Å². The average molecular weight is 370 g/mol. The van der Waals surface area contributed by atoms with Gasteiger partial charge in [0.15, 0.2) is 0 Å². The summed E-state index contributed by atoms with van der Waals surface area (Å²) in [5.41, 5.74) is 1.82. The van der Waals surface area contributed by atoms with Crippen LogP contribution >= 0.6 is 15.9 Å². The Morgan fingerprint density at radius 2 is 1.95 bits per heavy atom. The summed E-state index contributed by atoms with van der Waals surface area (Å²) in [5.74, 6) is -0.00665. The molecule has 0 aromatic heterocycles. The summed E-state index contributed by atoms with van der Waals surface area (Å²) in [6.45, 7) is 4.70. The van der Waals surface area contributed by atoms with Crippen LogP contribution in [-0.2, 0) is 4.79 Å². The van der Waals surface area contributed by atoms with Crippen LogP contribution in [-0.4, -0.2) is 23.8 Å². The standard InChI is InChI=1S/C16H14BrF2NO2/c1-10-14(17)7-8-15(20(10)9-16(18)19)12-3-5-13(6-4-12)22-11(2)21/h3-8,16H,1,9H2,2H3. The molecule has 0 radical (unpaired) electrons. The molecule has 0 aliphatic carbocycles. The zero-order valence-electron chi connectivity index (χ0n) is 11.9. The van der Waals surface area contributed by atoms with E-state index in [1.807, 2.05) is 0 Å². The predicted octanol–water partition coefficient (Wildman–Crippen LogP) is 4.33. The quantitative estimate of drug-likeness (QED) is 0.584. The molecule has 0 saturated carbocycles. The van der Waals surface area contributed by atoms with Crippen molar-refractivity contribution in [3.05, 3.63) is 58.7 Å². The lowest BCUT2D eigenvalue weighted by Crippen LogP contribution is -2.28. The maximum absolute atomic E-state index is 12.8. The van der Waals surface area contributed by atoms with Crippen molar-refractivity contribution in [1.82, 2.24) is 4.90 Å². The van der Waals surface area contributed by atoms with E-state index in [0.717, 1.165) is 5.56 Å². The van der Waals surface area contributed by atoms with Gasteiger partial charge >= 0.3 is 5.97 Å². The molecule has 0 amide bonds. The molecular formula is C16H14BrF2NO2. The van der Waals surface area contributed by atoms with E-state index in [4.69, 9.17) is 4.74 Å². The second-order valence-corrected chi connectivity index (χ2v) is 5.49. The van der Waals surface area contributed by atoms with Gasteiger partial charge in [-0.05, 0) is 57.9 Å². The van der Waals surface area contributed by atoms with Gasteiger partial charge in [0.25, 0.3) is 6.43 Å². The van der Waals surface area contributed by atoms with Crippen LogP contribution in [0, 0.1) is 0 Å². The Hall–Kier alpha value is -1.95. The summed E-state index contributed by atoms with van der Waals surface area (Å²) in [5, 5.41) is 0. The number of hydrogen-bond acceptors (Lipinski definition) is 3. The Labute approximate surface area is 135 Å². The molecule has 116 valence electrons. The van der Waals surface area contributed by atoms with E-state index in [9.17, 15) is 13.6 Å². The van der Waals surface area contributed by atoms with E-state index in [1.165, 1.54) is 11.8 Å². The minimum atomic E-state index is -2.49. The minimum Gasteiger partial charge on any atom is -0.427 e. The predicted molar refractivity (Wildman–Crippen MR) is 84.6 cm³/mol. The van der Waals surface area contributed by atoms with Crippen molar-refractivity contribution in [1.29, 1.82) is 0 Å². The van der Waals surface area contributed by atoms with Gasteiger partial charge < -0.3 is 9.64 Å². The number of carbonyl (C=O) groups excluding carboxylic acids is 1. The highest BCUT2D eigenvalue weighted by Crippen LogP contribution is 2.34. The zero-order chi connectivity index (χ0) is 16.3. The second-order valence-electron chi connectivity index (χ2n) is 4.63. The maximum Gasteiger partial charge on any atom is 0.308 e. The maximum atomic E-state index is 12.8. The summed E-state index contributed by atoms with van der Waals surface area (Å²) in [4.78, 5) is 12.4. The Morgan fingerprint density at radius 3 is 2.50 bits per heavy atom. The highest BCUT2D eigenvalue weighted by Gasteiger charge is 2.23. The van der Waals surface area contributed by atoms with Crippen LogP contribution in [0.2, 0.25) is 0 Å². The number of allylic oxidation sites excluding steroid dienone is 3. The fourth-order valence-corrected chi connectivity index (χ4v) is 2.42. The molecule has 2 rings (SSSR count). The van der Waals surface area contributed by atoms with Crippen molar-refractivity contribution in [2.75, 3.05) is 6.54 Å². The van der Waals surface area contributed by atoms with E-state index in [2.05, 4.69) is 22.5 Å². The van der Waals surface area contributed by atoms with Crippen LogP contribution in [0.15, 0.2) is 53.2 Å². The van der Waals surface area contributed by atoms with E-state index in [1.54, 1.807) is 36.4 Å². The SMILES string of the molecule is C=C1C(Br)=CC=C(c2ccc(OC(C)=O)cc2)N1CC(F)F. The molecule has 1 aromatic rings. The molecule has 1 aliphatic heterocycles. The van der Waals surface area contributed by atoms with Crippen molar-refractivity contribution in [2.45, 2.75) is 13.3 Å². The van der Waals surface area contributed by atoms with E-state index in [-0.39, 0.29) is 0 Å². The number of nitrogens with zero attached hydrogens (tertiary/aromatic N) is 1. The summed E-state index contributed by atoms with van der Waals surface area (Å²) in [6, 6.07) is 6.66. The number of benzene rings is 1. The Morgan fingerprint density at radius 1 is 1.32 bits per heavy atom. The lowest BCUT2D eigenvalue weighted by Gasteiger charge is -2.31. The van der Waals surface area contributed by atoms with Crippen molar-refractivity contribution < 1.29 is 18.3 Å². The molecule has 6 heteroatoms. The molecular weight excluding hydrogens is 356 g/mol. The summed E-state index contributed by atoms with van der Waals surface area (Å²) in [6.07, 6.45) is 1.01. The number of esters is 1. The van der Waals surface area contributed by atoms with Crippen LogP contribution in [0.5, 0.6) is 5.75 Å². The van der Waals surface area contributed by atoms with Crippen LogP contribution < -0.4 is 4.74 Å². The normalized spacial score (nSPS) is 14.8. The molecule has 0 bridgehead atoms. The van der Waals surface area contributed by atoms with Crippen molar-refractivity contribution in [2.24, 2.45) is 0 Å². The molecule has 0 fully saturated rings. The van der Waals surface area contributed by atoms with Gasteiger partial charge in [-0.1, -0.05) is 6.58 Å². The third kappa shape index (κ3) is 3.82. The molecule has 1 aromatic carbocycles. The number of halogens is 3. The number of alkyl halides is 2. The first-order valence-electron chi connectivity index (χ1n) is 6.50. The molecule has 0 saturated heterocycles. The fourth-order valence-electron chi connectivity index (χ4n) is 2.07. The van der Waals surface area contributed by atoms with Crippen LogP contribution in [0.25, 0.3) is 5.70 Å². The molecule has 0 spiro atoms. The Balaban J connectivity index is 2.31. The largest absolute Gasteiger partial charge is 0.427 e. The van der Waals surface area contributed by atoms with Gasteiger partial charge in [0.2, 0.25) is 0 Å². The van der Waals surface area contributed by atoms with Gasteiger partial charge in [-0.2, -0.15) is 0 Å². The van der Waals surface area contributed by atoms with E-state index in [0.29, 0.717) is 21.6 Å². The van der Waals surface area contributed by atoms with Crippen LogP contribution in [0.4, 0.5) is 8.78 Å². The van der Waals surface area contributed by atoms with Gasteiger partial charge in [-0.3, -0.25) is 4.79 Å². The molecule has 22 heavy (non-hydrogen) atoms. The molecule has 0 atom stereocenters. The summed E-state index contributed by atoms with van der Waals surface area (Å²) >= 11 is 3.30. The molecule has 0 unspecified atom stereocenters. The lowest BCUT2D eigenvalue weighted by atomic mass is 10.1. The third-order valence-electron chi connectivity index (χ3n) is 3.01. The monoisotopic (exact) mass is 369 g/mol. The molecule has 3 nitrogen and oxygen atoms in total. The van der Waals surface area contributed by atoms with Gasteiger partial charge in [0.05, 0.1) is 6.54 Å². The topological polar surface area (TPSA) is 29.5 Å². The summed E-state index contributed by atoms with van der Waals surface area (Å²) in [7, 11) is 0. The first kappa shape index (κ1) is 16.4. The van der Waals surface area contributed by atoms with Crippen molar-refractivity contribution >= 4 is 27.6 Å². The van der Waals surface area contributed by atoms with Crippen LogP contribution in [0.3, 0.4) is 0 Å². The first-order valence-corrected chi connectivity index (χ1v) is 7.29. The number of rotatable bonds is 4. The number of ether oxygens (including phenoxy) is 1. The highest BCUT2D eigenvalue weighted by molar-refractivity contribution is 9.12. The van der Waals surface area contributed by atoms with Gasteiger partial charge in [-0.25, -0.2) is 8.78 Å². The van der Waals surface area contributed by atoms with Gasteiger partial charge in [0.1, 0.15) is 5.75 Å². The lowest BCUT2D eigenvalue weighted by molar-refractivity contribution is -0.131. The van der Waals surface area contributed by atoms with E-state index < -0.39 is 18.9 Å². The van der Waals surface area contributed by atoms with Crippen molar-refractivity contribution in [3.8, 4) is 5.75 Å².